The van der Waals surface area contributed by atoms with Gasteiger partial charge in [-0.15, -0.1) is 0 Å². The molecule has 0 spiro atoms. The van der Waals surface area contributed by atoms with Crippen LogP contribution in [0.5, 0.6) is 0 Å². The first kappa shape index (κ1) is 31.9. The van der Waals surface area contributed by atoms with Gasteiger partial charge in [-0.3, -0.25) is 14.2 Å². The molecule has 0 amide bonds. The molecule has 0 fully saturated rings. The van der Waals surface area contributed by atoms with Gasteiger partial charge in [0.2, 0.25) is 0 Å². The summed E-state index contributed by atoms with van der Waals surface area (Å²) in [7, 11) is -9.53. The minimum absolute atomic E-state index is 0. The Hall–Kier alpha value is 0.226. The van der Waals surface area contributed by atoms with Crippen molar-refractivity contribution in [3.05, 3.63) is 0 Å². The van der Waals surface area contributed by atoms with Gasteiger partial charge in [0.15, 0.2) is 5.60 Å². The molecule has 0 unspecified atom stereocenters. The molecular formula is C6H13KO15P2. The van der Waals surface area contributed by atoms with Gasteiger partial charge in [-0.05, 0) is 0 Å². The number of carboxylic acids is 3. The van der Waals surface area contributed by atoms with Crippen LogP contribution in [-0.4, -0.2) is 68.4 Å². The zero-order valence-electron chi connectivity index (χ0n) is 11.8. The average molecular weight is 426 g/mol. The van der Waals surface area contributed by atoms with Crippen LogP contribution >= 0.6 is 15.6 Å². The van der Waals surface area contributed by atoms with E-state index in [4.69, 9.17) is 58.9 Å². The molecule has 0 radical (unpaired) electrons. The normalized spacial score (nSPS) is 10.8. The fourth-order valence-corrected chi connectivity index (χ4v) is 0.714. The molecular weight excluding hydrogens is 413 g/mol. The Morgan fingerprint density at radius 3 is 1.08 bits per heavy atom. The predicted molar refractivity (Wildman–Crippen MR) is 63.4 cm³/mol. The Morgan fingerprint density at radius 1 is 0.833 bits per heavy atom. The summed E-state index contributed by atoms with van der Waals surface area (Å²) in [6.07, 6.45) is -2.29. The number of hydrogen-bond donors (Lipinski definition) is 9. The Labute approximate surface area is 175 Å². The molecule has 24 heavy (non-hydrogen) atoms. The third kappa shape index (κ3) is 38.0. The Balaban J connectivity index is -0.000000151. The summed E-state index contributed by atoms with van der Waals surface area (Å²) in [4.78, 5) is 75.0. The molecule has 0 rings (SSSR count). The predicted octanol–water partition coefficient (Wildman–Crippen LogP) is -6.73. The molecule has 0 aromatic carbocycles. The van der Waals surface area contributed by atoms with Crippen molar-refractivity contribution in [2.24, 2.45) is 0 Å². The van der Waals surface area contributed by atoms with E-state index in [0.29, 0.717) is 0 Å². The molecule has 138 valence electrons. The van der Waals surface area contributed by atoms with Crippen LogP contribution < -0.4 is 56.3 Å². The molecule has 0 atom stereocenters. The van der Waals surface area contributed by atoms with Gasteiger partial charge in [-0.1, -0.05) is 0 Å². The third-order valence-corrected chi connectivity index (χ3v) is 1.29. The van der Waals surface area contributed by atoms with Gasteiger partial charge < -0.3 is 49.8 Å². The van der Waals surface area contributed by atoms with Crippen molar-refractivity contribution < 1.29 is 125 Å². The van der Waals surface area contributed by atoms with Crippen LogP contribution in [0.2, 0.25) is 0 Å². The molecule has 0 aromatic heterocycles. The van der Waals surface area contributed by atoms with Crippen molar-refractivity contribution in [2.45, 2.75) is 18.4 Å². The number of rotatable bonds is 5. The summed E-state index contributed by atoms with van der Waals surface area (Å²) in [5.41, 5.74) is -2.74. The zero-order chi connectivity index (χ0) is 19.6. The number of phosphoric acid groups is 2. The largest absolute Gasteiger partial charge is 1.00 e. The Bertz CT molecular complexity index is 452. The van der Waals surface area contributed by atoms with Crippen LogP contribution in [0.3, 0.4) is 0 Å². The number of hydrogen-bond acceptors (Lipinski definition) is 7. The second-order valence-corrected chi connectivity index (χ2v) is 5.49. The van der Waals surface area contributed by atoms with Crippen molar-refractivity contribution >= 4 is 33.6 Å². The quantitative estimate of drug-likeness (QED) is 0.146. The van der Waals surface area contributed by atoms with E-state index in [1.165, 1.54) is 0 Å². The smallest absolute Gasteiger partial charge is 0.756 e. The molecule has 15 nitrogen and oxygen atoms in total. The average Bonchev–Trinajstić information content (AvgIpc) is 2.07. The van der Waals surface area contributed by atoms with Gasteiger partial charge in [0.05, 0.1) is 12.8 Å². The number of aliphatic carboxylic acids is 3. The minimum atomic E-state index is -4.89. The van der Waals surface area contributed by atoms with Crippen molar-refractivity contribution in [1.29, 1.82) is 0 Å². The standard InChI is InChI=1S/C6H8O7.K.2H3O4P/c7-3(8)1-6(13,5(11)12)2-4(9)10;;2*1-5(2,3)4/h13H,1-2H2,(H,7,8)(H,9,10)(H,11,12);;2*(H3,1,2,3,4)/q;+1;;/p-1. The SMILES string of the molecule is O=C(O)CC(O)(CC(=O)O)C(=O)O.O=P(O)(O)O.O=P([O-])(O)O.[K+]. The van der Waals surface area contributed by atoms with Crippen LogP contribution in [-0.2, 0) is 23.5 Å². The van der Waals surface area contributed by atoms with Gasteiger partial charge in [-0.25, -0.2) is 9.36 Å². The first-order valence-corrected chi connectivity index (χ1v) is 7.81. The van der Waals surface area contributed by atoms with E-state index in [-0.39, 0.29) is 51.4 Å². The maximum absolute atomic E-state index is 10.3. The monoisotopic (exact) mass is 426 g/mol. The minimum Gasteiger partial charge on any atom is -0.756 e. The molecule has 0 aliphatic carbocycles. The van der Waals surface area contributed by atoms with Crippen LogP contribution in [0.4, 0.5) is 0 Å². The molecule has 0 aliphatic heterocycles. The fraction of sp³-hybridized carbons (Fsp3) is 0.500. The van der Waals surface area contributed by atoms with Crippen molar-refractivity contribution in [2.75, 3.05) is 0 Å². The van der Waals surface area contributed by atoms with Crippen LogP contribution in [0.15, 0.2) is 0 Å². The topological polar surface area (TPSA) is 290 Å². The molecule has 0 heterocycles. The number of carboxylic acid groups (broad SMARTS) is 3. The molecule has 0 aliphatic rings. The Morgan fingerprint density at radius 2 is 1.00 bits per heavy atom. The maximum atomic E-state index is 10.3. The summed E-state index contributed by atoms with van der Waals surface area (Å²) < 4.78 is 17.7. The molecule has 9 N–H and O–H groups in total. The van der Waals surface area contributed by atoms with Gasteiger partial charge in [0.1, 0.15) is 0 Å². The van der Waals surface area contributed by atoms with Gasteiger partial charge in [-0.2, -0.15) is 0 Å². The summed E-state index contributed by atoms with van der Waals surface area (Å²) in [6.45, 7) is 0. The second-order valence-electron chi connectivity index (χ2n) is 3.48. The second kappa shape index (κ2) is 13.4. The molecule has 18 heteroatoms. The molecule has 0 saturated heterocycles. The third-order valence-electron chi connectivity index (χ3n) is 1.29. The summed E-state index contributed by atoms with van der Waals surface area (Å²) in [5.74, 6) is -5.02. The van der Waals surface area contributed by atoms with Crippen LogP contribution in [0.1, 0.15) is 12.8 Å². The molecule has 0 bridgehead atoms. The molecule has 0 aromatic rings. The summed E-state index contributed by atoms with van der Waals surface area (Å²) in [5, 5.41) is 33.8. The number of aliphatic hydroxyl groups is 1. The molecule has 0 saturated carbocycles. The van der Waals surface area contributed by atoms with Crippen molar-refractivity contribution in [1.82, 2.24) is 0 Å². The van der Waals surface area contributed by atoms with Gasteiger partial charge in [0.25, 0.3) is 7.82 Å². The van der Waals surface area contributed by atoms with Crippen LogP contribution in [0, 0.1) is 0 Å². The van der Waals surface area contributed by atoms with Gasteiger partial charge >= 0.3 is 77.1 Å². The van der Waals surface area contributed by atoms with E-state index >= 15 is 0 Å². The van der Waals surface area contributed by atoms with Crippen molar-refractivity contribution in [3.63, 3.8) is 0 Å². The summed E-state index contributed by atoms with van der Waals surface area (Å²) >= 11 is 0. The van der Waals surface area contributed by atoms with Crippen LogP contribution in [0.25, 0.3) is 0 Å². The first-order valence-electron chi connectivity index (χ1n) is 4.72. The van der Waals surface area contributed by atoms with Gasteiger partial charge in [0, 0.05) is 0 Å². The van der Waals surface area contributed by atoms with E-state index in [0.717, 1.165) is 0 Å². The fourth-order valence-electron chi connectivity index (χ4n) is 0.714. The maximum Gasteiger partial charge on any atom is 1.00 e. The van der Waals surface area contributed by atoms with E-state index in [2.05, 4.69) is 0 Å². The van der Waals surface area contributed by atoms with E-state index < -0.39 is 52.0 Å². The van der Waals surface area contributed by atoms with E-state index in [1.54, 1.807) is 0 Å². The van der Waals surface area contributed by atoms with Crippen molar-refractivity contribution in [3.8, 4) is 0 Å². The van der Waals surface area contributed by atoms with E-state index in [9.17, 15) is 14.4 Å². The zero-order valence-corrected chi connectivity index (χ0v) is 16.7. The summed E-state index contributed by atoms with van der Waals surface area (Å²) in [6, 6.07) is 0. The Kier molecular flexibility index (Phi) is 17.9. The van der Waals surface area contributed by atoms with E-state index in [1.807, 2.05) is 0 Å². The first-order chi connectivity index (χ1) is 9.78. The number of carbonyl (C=O) groups is 3.